The van der Waals surface area contributed by atoms with Crippen LogP contribution in [0.1, 0.15) is 39.0 Å². The second kappa shape index (κ2) is 5.54. The van der Waals surface area contributed by atoms with Crippen molar-refractivity contribution in [3.63, 3.8) is 0 Å². The van der Waals surface area contributed by atoms with E-state index in [-0.39, 0.29) is 0 Å². The van der Waals surface area contributed by atoms with E-state index in [1.54, 1.807) is 0 Å². The van der Waals surface area contributed by atoms with E-state index < -0.39 is 0 Å². The van der Waals surface area contributed by atoms with Crippen molar-refractivity contribution in [2.75, 3.05) is 32.8 Å². The van der Waals surface area contributed by atoms with Crippen molar-refractivity contribution in [3.8, 4) is 0 Å². The molecule has 118 valence electrons. The fourth-order valence-corrected chi connectivity index (χ4v) is 4.36. The average Bonchev–Trinajstić information content (AvgIpc) is 3.27. The van der Waals surface area contributed by atoms with Gasteiger partial charge in [-0.1, -0.05) is 6.92 Å². The molecule has 2 saturated carbocycles. The van der Waals surface area contributed by atoms with Crippen LogP contribution in [0.3, 0.4) is 0 Å². The molecule has 0 aromatic carbocycles. The number of ether oxygens (including phenoxy) is 1. The average molecular weight is 292 g/mol. The lowest BCUT2D eigenvalue weighted by atomic mass is 9.75. The monoisotopic (exact) mass is 292 g/mol. The molecule has 2 aliphatic heterocycles. The summed E-state index contributed by atoms with van der Waals surface area (Å²) in [6.45, 7) is 7.22. The summed E-state index contributed by atoms with van der Waals surface area (Å²) in [6.07, 6.45) is 6.40. The number of likely N-dealkylation sites (tertiary alicyclic amines) is 1. The molecule has 0 radical (unpaired) electrons. The van der Waals surface area contributed by atoms with E-state index >= 15 is 0 Å². The topological polar surface area (TPSA) is 32.8 Å². The van der Waals surface area contributed by atoms with Crippen LogP contribution in [-0.4, -0.2) is 60.6 Å². The van der Waals surface area contributed by atoms with Gasteiger partial charge in [0.15, 0.2) is 0 Å². The van der Waals surface area contributed by atoms with E-state index in [1.165, 1.54) is 19.4 Å². The standard InChI is InChI=1S/C17H28N2O2/c1-12-8-14(9-12)17(20)19-5-4-16-15(11-19)18(6-7-21-16)10-13-2-3-13/h12-16H,2-11H2,1H3/t12?,14?,15-,16-/m0/s1. The minimum Gasteiger partial charge on any atom is -0.375 e. The van der Waals surface area contributed by atoms with Crippen LogP contribution in [-0.2, 0) is 9.53 Å². The highest BCUT2D eigenvalue weighted by Gasteiger charge is 2.42. The Morgan fingerprint density at radius 1 is 1.19 bits per heavy atom. The van der Waals surface area contributed by atoms with Crippen LogP contribution in [0.4, 0.5) is 0 Å². The number of carbonyl (C=O) groups is 1. The predicted octanol–water partition coefficient (Wildman–Crippen LogP) is 1.74. The van der Waals surface area contributed by atoms with Crippen molar-refractivity contribution in [2.24, 2.45) is 17.8 Å². The van der Waals surface area contributed by atoms with E-state index in [4.69, 9.17) is 4.74 Å². The van der Waals surface area contributed by atoms with Crippen molar-refractivity contribution < 1.29 is 9.53 Å². The molecule has 4 aliphatic rings. The first-order valence-corrected chi connectivity index (χ1v) is 8.85. The molecule has 2 atom stereocenters. The fourth-order valence-electron chi connectivity index (χ4n) is 4.36. The SMILES string of the molecule is CC1CC(C(=O)N2CC[C@@H]3OCCN(CC4CC4)[C@H]3C2)C1. The van der Waals surface area contributed by atoms with Crippen molar-refractivity contribution in [1.29, 1.82) is 0 Å². The zero-order chi connectivity index (χ0) is 14.4. The number of rotatable bonds is 3. The highest BCUT2D eigenvalue weighted by atomic mass is 16.5. The van der Waals surface area contributed by atoms with Crippen LogP contribution in [0, 0.1) is 17.8 Å². The Labute approximate surface area is 127 Å². The molecule has 1 amide bonds. The molecule has 4 heteroatoms. The molecule has 0 bridgehead atoms. The van der Waals surface area contributed by atoms with Crippen LogP contribution in [0.25, 0.3) is 0 Å². The van der Waals surface area contributed by atoms with Gasteiger partial charge in [-0.3, -0.25) is 9.69 Å². The molecule has 4 nitrogen and oxygen atoms in total. The smallest absolute Gasteiger partial charge is 0.225 e. The highest BCUT2D eigenvalue weighted by Crippen LogP contribution is 2.36. The molecule has 0 aromatic rings. The number of fused-ring (bicyclic) bond motifs is 1. The van der Waals surface area contributed by atoms with Gasteiger partial charge in [-0.25, -0.2) is 0 Å². The molecule has 0 N–H and O–H groups in total. The minimum absolute atomic E-state index is 0.318. The number of nitrogens with zero attached hydrogens (tertiary/aromatic N) is 2. The Kier molecular flexibility index (Phi) is 3.70. The third-order valence-corrected chi connectivity index (χ3v) is 5.92. The Bertz CT molecular complexity index is 404. The van der Waals surface area contributed by atoms with Gasteiger partial charge in [0.05, 0.1) is 18.8 Å². The van der Waals surface area contributed by atoms with Gasteiger partial charge < -0.3 is 9.64 Å². The molecule has 0 spiro atoms. The van der Waals surface area contributed by atoms with Crippen LogP contribution >= 0.6 is 0 Å². The summed E-state index contributed by atoms with van der Waals surface area (Å²) < 4.78 is 5.98. The molecule has 2 heterocycles. The molecule has 0 unspecified atom stereocenters. The zero-order valence-corrected chi connectivity index (χ0v) is 13.2. The molecule has 21 heavy (non-hydrogen) atoms. The molecule has 0 aromatic heterocycles. The van der Waals surface area contributed by atoms with Gasteiger partial charge in [-0.2, -0.15) is 0 Å². The first-order valence-electron chi connectivity index (χ1n) is 8.85. The number of piperidine rings is 1. The molecule has 2 saturated heterocycles. The Morgan fingerprint density at radius 3 is 2.71 bits per heavy atom. The fraction of sp³-hybridized carbons (Fsp3) is 0.941. The second-order valence-electron chi connectivity index (χ2n) is 7.76. The number of carbonyl (C=O) groups excluding carboxylic acids is 1. The Morgan fingerprint density at radius 2 is 2.00 bits per heavy atom. The molecular formula is C17H28N2O2. The van der Waals surface area contributed by atoms with Gasteiger partial charge in [0.1, 0.15) is 0 Å². The van der Waals surface area contributed by atoms with Gasteiger partial charge in [0, 0.05) is 32.1 Å². The number of hydrogen-bond acceptors (Lipinski definition) is 3. The van der Waals surface area contributed by atoms with Crippen molar-refractivity contribution >= 4 is 5.91 Å². The molecule has 4 fully saturated rings. The number of hydrogen-bond donors (Lipinski definition) is 0. The summed E-state index contributed by atoms with van der Waals surface area (Å²) in [5.74, 6) is 2.41. The summed E-state index contributed by atoms with van der Waals surface area (Å²) in [4.78, 5) is 17.4. The predicted molar refractivity (Wildman–Crippen MR) is 80.9 cm³/mol. The van der Waals surface area contributed by atoms with Gasteiger partial charge in [-0.05, 0) is 43.9 Å². The van der Waals surface area contributed by atoms with Gasteiger partial charge in [0.25, 0.3) is 0 Å². The summed E-state index contributed by atoms with van der Waals surface area (Å²) in [5, 5.41) is 0. The second-order valence-corrected chi connectivity index (χ2v) is 7.76. The molecular weight excluding hydrogens is 264 g/mol. The first-order chi connectivity index (χ1) is 10.2. The third kappa shape index (κ3) is 2.85. The zero-order valence-electron chi connectivity index (χ0n) is 13.2. The maximum atomic E-state index is 12.6. The maximum Gasteiger partial charge on any atom is 0.225 e. The Hall–Kier alpha value is -0.610. The maximum absolute atomic E-state index is 12.6. The van der Waals surface area contributed by atoms with Crippen LogP contribution < -0.4 is 0 Å². The Balaban J connectivity index is 1.39. The molecule has 2 aliphatic carbocycles. The first kappa shape index (κ1) is 14.0. The lowest BCUT2D eigenvalue weighted by Gasteiger charge is -2.48. The van der Waals surface area contributed by atoms with Crippen LogP contribution in [0.2, 0.25) is 0 Å². The number of amides is 1. The lowest BCUT2D eigenvalue weighted by Crippen LogP contribution is -2.62. The number of morpholine rings is 1. The van der Waals surface area contributed by atoms with Crippen LogP contribution in [0.5, 0.6) is 0 Å². The van der Waals surface area contributed by atoms with Crippen molar-refractivity contribution in [1.82, 2.24) is 9.80 Å². The van der Waals surface area contributed by atoms with Crippen molar-refractivity contribution in [3.05, 3.63) is 0 Å². The summed E-state index contributed by atoms with van der Waals surface area (Å²) in [7, 11) is 0. The van der Waals surface area contributed by atoms with Crippen LogP contribution in [0.15, 0.2) is 0 Å². The van der Waals surface area contributed by atoms with E-state index in [0.29, 0.717) is 24.0 Å². The highest BCUT2D eigenvalue weighted by molar-refractivity contribution is 5.79. The lowest BCUT2D eigenvalue weighted by molar-refractivity contribution is -0.150. The normalized spacial score (nSPS) is 40.5. The van der Waals surface area contributed by atoms with E-state index in [9.17, 15) is 4.79 Å². The third-order valence-electron chi connectivity index (χ3n) is 5.92. The van der Waals surface area contributed by atoms with E-state index in [0.717, 1.165) is 57.3 Å². The summed E-state index contributed by atoms with van der Waals surface area (Å²) in [5.41, 5.74) is 0. The quantitative estimate of drug-likeness (QED) is 0.794. The van der Waals surface area contributed by atoms with Crippen molar-refractivity contribution in [2.45, 2.75) is 51.2 Å². The summed E-state index contributed by atoms with van der Waals surface area (Å²) >= 11 is 0. The minimum atomic E-state index is 0.318. The van der Waals surface area contributed by atoms with Gasteiger partial charge in [0.2, 0.25) is 5.91 Å². The van der Waals surface area contributed by atoms with Gasteiger partial charge >= 0.3 is 0 Å². The summed E-state index contributed by atoms with van der Waals surface area (Å²) in [6, 6.07) is 0.453. The largest absolute Gasteiger partial charge is 0.375 e. The molecule has 4 rings (SSSR count). The van der Waals surface area contributed by atoms with E-state index in [1.807, 2.05) is 0 Å². The van der Waals surface area contributed by atoms with Gasteiger partial charge in [-0.15, -0.1) is 0 Å². The van der Waals surface area contributed by atoms with E-state index in [2.05, 4.69) is 16.7 Å².